The molecule has 7 heteroatoms. The lowest BCUT2D eigenvalue weighted by molar-refractivity contribution is 0.0466. The van der Waals surface area contributed by atoms with E-state index in [0.717, 1.165) is 9.88 Å². The fraction of sp³-hybridized carbons (Fsp3) is 0.0714. The Morgan fingerprint density at radius 3 is 2.95 bits per heavy atom. The summed E-state index contributed by atoms with van der Waals surface area (Å²) in [5.74, 6) is -0.650. The fourth-order valence-electron chi connectivity index (χ4n) is 1.69. The summed E-state index contributed by atoms with van der Waals surface area (Å²) in [7, 11) is 0. The highest BCUT2D eigenvalue weighted by atomic mass is 32.1. The van der Waals surface area contributed by atoms with E-state index in [0.29, 0.717) is 5.69 Å². The molecule has 0 spiro atoms. The van der Waals surface area contributed by atoms with Gasteiger partial charge in [0.15, 0.2) is 0 Å². The molecule has 3 aromatic heterocycles. The smallest absolute Gasteiger partial charge is 0.344 e. The van der Waals surface area contributed by atoms with E-state index in [9.17, 15) is 9.59 Å². The number of rotatable bonds is 4. The van der Waals surface area contributed by atoms with Crippen LogP contribution in [-0.2, 0) is 11.3 Å². The van der Waals surface area contributed by atoms with Crippen LogP contribution in [0.5, 0.6) is 0 Å². The van der Waals surface area contributed by atoms with E-state index < -0.39 is 11.5 Å². The van der Waals surface area contributed by atoms with Crippen LogP contribution in [0.2, 0.25) is 0 Å². The van der Waals surface area contributed by atoms with Crippen molar-refractivity contribution in [2.45, 2.75) is 6.61 Å². The Morgan fingerprint density at radius 1 is 1.29 bits per heavy atom. The molecule has 0 fully saturated rings. The molecule has 1 N–H and O–H groups in total. The van der Waals surface area contributed by atoms with Gasteiger partial charge in [-0.25, -0.2) is 9.78 Å². The van der Waals surface area contributed by atoms with Crippen molar-refractivity contribution < 1.29 is 9.53 Å². The predicted molar refractivity (Wildman–Crippen MR) is 81.6 cm³/mol. The van der Waals surface area contributed by atoms with Gasteiger partial charge in [-0.3, -0.25) is 4.79 Å². The zero-order valence-corrected chi connectivity index (χ0v) is 12.4. The van der Waals surface area contributed by atoms with Crippen LogP contribution in [0.1, 0.15) is 16.1 Å². The Balaban J connectivity index is 1.67. The highest BCUT2D eigenvalue weighted by Gasteiger charge is 2.12. The number of hydrogen-bond acceptors (Lipinski definition) is 6. The summed E-state index contributed by atoms with van der Waals surface area (Å²) in [5.41, 5.74) is 0.204. The molecule has 0 unspecified atom stereocenters. The van der Waals surface area contributed by atoms with Gasteiger partial charge in [-0.15, -0.1) is 22.7 Å². The van der Waals surface area contributed by atoms with E-state index in [2.05, 4.69) is 9.97 Å². The first-order valence-electron chi connectivity index (χ1n) is 6.07. The summed E-state index contributed by atoms with van der Waals surface area (Å²) in [5, 5.41) is 4.73. The Labute approximate surface area is 127 Å². The maximum Gasteiger partial charge on any atom is 0.344 e. The standard InChI is InChI=1S/C14H10N2O3S2/c17-12-10(3-1-5-15-12)14(18)19-7-9-8-21-13(16-9)11-4-2-6-20-11/h1-6,8H,7H2,(H,15,17). The van der Waals surface area contributed by atoms with Crippen molar-refractivity contribution in [2.24, 2.45) is 0 Å². The number of carbonyl (C=O) groups is 1. The molecule has 5 nitrogen and oxygen atoms in total. The normalized spacial score (nSPS) is 10.5. The molecule has 21 heavy (non-hydrogen) atoms. The maximum atomic E-state index is 11.8. The molecule has 0 amide bonds. The molecular formula is C14H10N2O3S2. The molecule has 0 aliphatic rings. The lowest BCUT2D eigenvalue weighted by Gasteiger charge is -2.01. The highest BCUT2D eigenvalue weighted by molar-refractivity contribution is 7.20. The van der Waals surface area contributed by atoms with Gasteiger partial charge in [-0.2, -0.15) is 0 Å². The minimum absolute atomic E-state index is 0.00814. The Morgan fingerprint density at radius 2 is 2.19 bits per heavy atom. The van der Waals surface area contributed by atoms with Gasteiger partial charge in [0, 0.05) is 11.6 Å². The fourth-order valence-corrected chi connectivity index (χ4v) is 3.30. The van der Waals surface area contributed by atoms with Crippen molar-refractivity contribution in [2.75, 3.05) is 0 Å². The highest BCUT2D eigenvalue weighted by Crippen LogP contribution is 2.27. The van der Waals surface area contributed by atoms with Gasteiger partial charge in [0.05, 0.1) is 10.6 Å². The Bertz CT molecular complexity index is 806. The third kappa shape index (κ3) is 3.09. The largest absolute Gasteiger partial charge is 0.455 e. The lowest BCUT2D eigenvalue weighted by atomic mass is 10.3. The van der Waals surface area contributed by atoms with Gasteiger partial charge < -0.3 is 9.72 Å². The number of hydrogen-bond donors (Lipinski definition) is 1. The van der Waals surface area contributed by atoms with E-state index in [1.165, 1.54) is 23.6 Å². The van der Waals surface area contributed by atoms with Crippen molar-refractivity contribution in [3.8, 4) is 9.88 Å². The summed E-state index contributed by atoms with van der Waals surface area (Å²) < 4.78 is 5.11. The molecular weight excluding hydrogens is 308 g/mol. The zero-order chi connectivity index (χ0) is 14.7. The number of aromatic nitrogens is 2. The second-order valence-electron chi connectivity index (χ2n) is 4.11. The van der Waals surface area contributed by atoms with Crippen molar-refractivity contribution in [3.63, 3.8) is 0 Å². The van der Waals surface area contributed by atoms with E-state index in [-0.39, 0.29) is 12.2 Å². The average molecular weight is 318 g/mol. The van der Waals surface area contributed by atoms with Crippen LogP contribution in [0.4, 0.5) is 0 Å². The lowest BCUT2D eigenvalue weighted by Crippen LogP contribution is -2.18. The number of carbonyl (C=O) groups excluding carboxylic acids is 1. The van der Waals surface area contributed by atoms with Crippen LogP contribution < -0.4 is 5.56 Å². The van der Waals surface area contributed by atoms with Gasteiger partial charge in [0.1, 0.15) is 17.2 Å². The molecule has 3 rings (SSSR count). The number of aromatic amines is 1. The zero-order valence-electron chi connectivity index (χ0n) is 10.7. The van der Waals surface area contributed by atoms with Crippen LogP contribution in [0.25, 0.3) is 9.88 Å². The van der Waals surface area contributed by atoms with Crippen molar-refractivity contribution in [1.82, 2.24) is 9.97 Å². The van der Waals surface area contributed by atoms with Crippen LogP contribution in [-0.4, -0.2) is 15.9 Å². The number of pyridine rings is 1. The van der Waals surface area contributed by atoms with E-state index in [1.54, 1.807) is 17.4 Å². The number of nitrogens with zero attached hydrogens (tertiary/aromatic N) is 1. The first-order valence-corrected chi connectivity index (χ1v) is 7.83. The molecule has 0 saturated carbocycles. The van der Waals surface area contributed by atoms with E-state index >= 15 is 0 Å². The van der Waals surface area contributed by atoms with Crippen molar-refractivity contribution in [3.05, 3.63) is 62.8 Å². The van der Waals surface area contributed by atoms with Gasteiger partial charge in [0.2, 0.25) is 0 Å². The van der Waals surface area contributed by atoms with Crippen LogP contribution >= 0.6 is 22.7 Å². The Hall–Kier alpha value is -2.25. The second kappa shape index (κ2) is 6.02. The summed E-state index contributed by atoms with van der Waals surface area (Å²) in [6.45, 7) is 0.0506. The molecule has 3 aromatic rings. The number of esters is 1. The number of nitrogens with one attached hydrogen (secondary N) is 1. The third-order valence-electron chi connectivity index (χ3n) is 2.67. The number of thiophene rings is 1. The summed E-state index contributed by atoms with van der Waals surface area (Å²) in [6.07, 6.45) is 1.47. The maximum absolute atomic E-state index is 11.8. The second-order valence-corrected chi connectivity index (χ2v) is 5.92. The van der Waals surface area contributed by atoms with E-state index in [4.69, 9.17) is 4.74 Å². The molecule has 0 aliphatic carbocycles. The predicted octanol–water partition coefficient (Wildman–Crippen LogP) is 2.92. The van der Waals surface area contributed by atoms with Gasteiger partial charge in [0.25, 0.3) is 5.56 Å². The number of ether oxygens (including phenoxy) is 1. The topological polar surface area (TPSA) is 72.0 Å². The monoisotopic (exact) mass is 318 g/mol. The van der Waals surface area contributed by atoms with Crippen molar-refractivity contribution in [1.29, 1.82) is 0 Å². The van der Waals surface area contributed by atoms with Gasteiger partial charge in [-0.05, 0) is 23.6 Å². The molecule has 0 radical (unpaired) electrons. The van der Waals surface area contributed by atoms with Gasteiger partial charge >= 0.3 is 5.97 Å². The van der Waals surface area contributed by atoms with E-state index in [1.807, 2.05) is 22.9 Å². The summed E-state index contributed by atoms with van der Waals surface area (Å²) in [6, 6.07) is 6.96. The molecule has 0 atom stereocenters. The molecule has 3 heterocycles. The number of H-pyrrole nitrogens is 1. The number of thiazole rings is 1. The summed E-state index contributed by atoms with van der Waals surface area (Å²) >= 11 is 3.11. The molecule has 0 bridgehead atoms. The van der Waals surface area contributed by atoms with Crippen LogP contribution in [0.3, 0.4) is 0 Å². The summed E-state index contributed by atoms with van der Waals surface area (Å²) in [4.78, 5) is 31.2. The Kier molecular flexibility index (Phi) is 3.94. The first-order chi connectivity index (χ1) is 10.2. The average Bonchev–Trinajstić information content (AvgIpc) is 3.16. The molecule has 106 valence electrons. The van der Waals surface area contributed by atoms with Gasteiger partial charge in [-0.1, -0.05) is 6.07 Å². The first kappa shape index (κ1) is 13.7. The molecule has 0 aromatic carbocycles. The van der Waals surface area contributed by atoms with Crippen molar-refractivity contribution >= 4 is 28.6 Å². The van der Waals surface area contributed by atoms with Crippen LogP contribution in [0.15, 0.2) is 46.0 Å². The molecule has 0 saturated heterocycles. The minimum atomic E-state index is -0.650. The molecule has 0 aliphatic heterocycles. The minimum Gasteiger partial charge on any atom is -0.455 e. The van der Waals surface area contributed by atoms with Crippen LogP contribution in [0, 0.1) is 0 Å². The quantitative estimate of drug-likeness (QED) is 0.751. The SMILES string of the molecule is O=C(OCc1csc(-c2cccs2)n1)c1ccc[nH]c1=O. The third-order valence-corrected chi connectivity index (χ3v) is 4.60.